The Kier molecular flexibility index (Phi) is 6.30. The zero-order valence-corrected chi connectivity index (χ0v) is 16.3. The Balaban J connectivity index is 1.86. The van der Waals surface area contributed by atoms with Crippen molar-refractivity contribution in [2.45, 2.75) is 43.9 Å². The fourth-order valence-electron chi connectivity index (χ4n) is 3.32. The summed E-state index contributed by atoms with van der Waals surface area (Å²) in [6, 6.07) is 4.38. The van der Waals surface area contributed by atoms with Crippen molar-refractivity contribution in [3.05, 3.63) is 35.5 Å². The lowest BCUT2D eigenvalue weighted by Crippen LogP contribution is -2.33. The zero-order valence-electron chi connectivity index (χ0n) is 16.3. The van der Waals surface area contributed by atoms with Gasteiger partial charge in [-0.05, 0) is 37.8 Å². The fourth-order valence-corrected chi connectivity index (χ4v) is 3.32. The van der Waals surface area contributed by atoms with Crippen LogP contribution in [0.5, 0.6) is 5.75 Å². The number of alkyl halides is 3. The topological polar surface area (TPSA) is 128 Å². The minimum atomic E-state index is -4.60. The Morgan fingerprint density at radius 1 is 1.23 bits per heavy atom. The minimum absolute atomic E-state index is 0.0353. The van der Waals surface area contributed by atoms with Gasteiger partial charge >= 0.3 is 6.18 Å². The molecule has 8 nitrogen and oxygen atoms in total. The summed E-state index contributed by atoms with van der Waals surface area (Å²) in [5.41, 5.74) is 10.8. The van der Waals surface area contributed by atoms with E-state index in [1.54, 1.807) is 0 Å². The number of anilines is 3. The van der Waals surface area contributed by atoms with E-state index in [0.29, 0.717) is 18.5 Å². The number of halogens is 3. The van der Waals surface area contributed by atoms with E-state index < -0.39 is 17.6 Å². The van der Waals surface area contributed by atoms with Crippen LogP contribution in [-0.4, -0.2) is 35.1 Å². The Hall–Kier alpha value is -3.08. The molecule has 1 fully saturated rings. The molecular weight excluding hydrogens is 401 g/mol. The standard InChI is InChI=1S/C19H23F3N6O2/c1-30-15-8-12(6-7-13(15)16(24)29)27-18-25-9-14(19(20,21)22)17(28-18)26-11-4-2-10(23)3-5-11/h6-11H,2-5,23H2,1H3,(H2,24,29)(H2,25,26,27,28)/t10-,11+. The quantitative estimate of drug-likeness (QED) is 0.561. The monoisotopic (exact) mass is 424 g/mol. The third-order valence-electron chi connectivity index (χ3n) is 4.93. The highest BCUT2D eigenvalue weighted by atomic mass is 19.4. The number of carbonyl (C=O) groups excluding carboxylic acids is 1. The van der Waals surface area contributed by atoms with Crippen molar-refractivity contribution in [2.24, 2.45) is 11.5 Å². The highest BCUT2D eigenvalue weighted by Crippen LogP contribution is 2.35. The molecule has 6 N–H and O–H groups in total. The predicted octanol–water partition coefficient (Wildman–Crippen LogP) is 3.03. The van der Waals surface area contributed by atoms with Crippen LogP contribution in [0.25, 0.3) is 0 Å². The third kappa shape index (κ3) is 5.09. The first kappa shape index (κ1) is 21.6. The number of amides is 1. The van der Waals surface area contributed by atoms with Gasteiger partial charge < -0.3 is 26.8 Å². The number of rotatable bonds is 6. The van der Waals surface area contributed by atoms with Crippen molar-refractivity contribution < 1.29 is 22.7 Å². The number of methoxy groups -OCH3 is 1. The van der Waals surface area contributed by atoms with Gasteiger partial charge in [0.25, 0.3) is 5.91 Å². The zero-order chi connectivity index (χ0) is 21.9. The third-order valence-corrected chi connectivity index (χ3v) is 4.93. The van der Waals surface area contributed by atoms with Gasteiger partial charge in [-0.2, -0.15) is 18.2 Å². The van der Waals surface area contributed by atoms with Crippen molar-refractivity contribution in [2.75, 3.05) is 17.7 Å². The van der Waals surface area contributed by atoms with Crippen LogP contribution >= 0.6 is 0 Å². The lowest BCUT2D eigenvalue weighted by atomic mass is 9.92. The van der Waals surface area contributed by atoms with E-state index in [1.165, 1.54) is 25.3 Å². The maximum absolute atomic E-state index is 13.4. The Morgan fingerprint density at radius 3 is 2.53 bits per heavy atom. The molecule has 162 valence electrons. The van der Waals surface area contributed by atoms with Crippen molar-refractivity contribution >= 4 is 23.4 Å². The van der Waals surface area contributed by atoms with Crippen LogP contribution in [0.3, 0.4) is 0 Å². The van der Waals surface area contributed by atoms with Crippen molar-refractivity contribution in [3.8, 4) is 5.75 Å². The number of nitrogens with two attached hydrogens (primary N) is 2. The molecular formula is C19H23F3N6O2. The first-order chi connectivity index (χ1) is 14.2. The maximum Gasteiger partial charge on any atom is 0.421 e. The summed E-state index contributed by atoms with van der Waals surface area (Å²) in [6.07, 6.45) is -1.06. The minimum Gasteiger partial charge on any atom is -0.496 e. The first-order valence-electron chi connectivity index (χ1n) is 9.38. The number of carbonyl (C=O) groups is 1. The fraction of sp³-hybridized carbons (Fsp3) is 0.421. The largest absolute Gasteiger partial charge is 0.496 e. The second-order valence-corrected chi connectivity index (χ2v) is 7.11. The highest BCUT2D eigenvalue weighted by Gasteiger charge is 2.36. The SMILES string of the molecule is COc1cc(Nc2ncc(C(F)(F)F)c(N[C@H]3CC[C@@H](N)CC3)n2)ccc1C(N)=O. The molecule has 1 heterocycles. The van der Waals surface area contributed by atoms with Gasteiger partial charge in [0.05, 0.1) is 12.7 Å². The van der Waals surface area contributed by atoms with Gasteiger partial charge in [-0.25, -0.2) is 4.98 Å². The lowest BCUT2D eigenvalue weighted by Gasteiger charge is -2.28. The van der Waals surface area contributed by atoms with E-state index in [1.807, 2.05) is 0 Å². The van der Waals surface area contributed by atoms with Crippen molar-refractivity contribution in [1.82, 2.24) is 9.97 Å². The van der Waals surface area contributed by atoms with E-state index in [4.69, 9.17) is 16.2 Å². The van der Waals surface area contributed by atoms with Gasteiger partial charge in [0.1, 0.15) is 17.1 Å². The molecule has 2 aromatic rings. The molecule has 1 saturated carbocycles. The molecule has 11 heteroatoms. The molecule has 0 bridgehead atoms. The number of benzene rings is 1. The van der Waals surface area contributed by atoms with Crippen LogP contribution in [0.4, 0.5) is 30.6 Å². The average molecular weight is 424 g/mol. The number of primary amides is 1. The summed E-state index contributed by atoms with van der Waals surface area (Å²) in [6.45, 7) is 0. The Morgan fingerprint density at radius 2 is 1.93 bits per heavy atom. The summed E-state index contributed by atoms with van der Waals surface area (Å²) < 4.78 is 45.4. The van der Waals surface area contributed by atoms with E-state index >= 15 is 0 Å². The van der Waals surface area contributed by atoms with Crippen LogP contribution in [0, 0.1) is 0 Å². The number of hydrogen-bond donors (Lipinski definition) is 4. The molecule has 30 heavy (non-hydrogen) atoms. The number of hydrogen-bond acceptors (Lipinski definition) is 7. The second kappa shape index (κ2) is 8.74. The van der Waals surface area contributed by atoms with Gasteiger partial charge in [0.15, 0.2) is 0 Å². The van der Waals surface area contributed by atoms with Crippen LogP contribution < -0.4 is 26.8 Å². The summed E-state index contributed by atoms with van der Waals surface area (Å²) in [5, 5.41) is 5.72. The molecule has 0 radical (unpaired) electrons. The predicted molar refractivity (Wildman–Crippen MR) is 106 cm³/mol. The van der Waals surface area contributed by atoms with E-state index in [-0.39, 0.29) is 35.2 Å². The van der Waals surface area contributed by atoms with Crippen LogP contribution in [-0.2, 0) is 6.18 Å². The molecule has 1 amide bonds. The van der Waals surface area contributed by atoms with Crippen LogP contribution in [0.2, 0.25) is 0 Å². The smallest absolute Gasteiger partial charge is 0.421 e. The lowest BCUT2D eigenvalue weighted by molar-refractivity contribution is -0.137. The van der Waals surface area contributed by atoms with Gasteiger partial charge in [0, 0.05) is 30.0 Å². The summed E-state index contributed by atoms with van der Waals surface area (Å²) in [4.78, 5) is 19.2. The van der Waals surface area contributed by atoms with E-state index in [2.05, 4.69) is 20.6 Å². The highest BCUT2D eigenvalue weighted by molar-refractivity contribution is 5.96. The maximum atomic E-state index is 13.4. The molecule has 1 aromatic carbocycles. The molecule has 1 aliphatic rings. The van der Waals surface area contributed by atoms with Gasteiger partial charge in [-0.15, -0.1) is 0 Å². The Labute approximate surface area is 171 Å². The number of ether oxygens (including phenoxy) is 1. The summed E-state index contributed by atoms with van der Waals surface area (Å²) in [5.74, 6) is -0.771. The molecule has 1 aliphatic carbocycles. The van der Waals surface area contributed by atoms with Crippen LogP contribution in [0.15, 0.2) is 24.4 Å². The van der Waals surface area contributed by atoms with Crippen molar-refractivity contribution in [3.63, 3.8) is 0 Å². The molecule has 0 atom stereocenters. The van der Waals surface area contributed by atoms with E-state index in [9.17, 15) is 18.0 Å². The summed E-state index contributed by atoms with van der Waals surface area (Å²) in [7, 11) is 1.37. The van der Waals surface area contributed by atoms with Gasteiger partial charge in [-0.3, -0.25) is 4.79 Å². The molecule has 0 unspecified atom stereocenters. The normalized spacial score (nSPS) is 19.2. The molecule has 1 aromatic heterocycles. The summed E-state index contributed by atoms with van der Waals surface area (Å²) >= 11 is 0. The van der Waals surface area contributed by atoms with E-state index in [0.717, 1.165) is 19.0 Å². The van der Waals surface area contributed by atoms with Crippen LogP contribution in [0.1, 0.15) is 41.6 Å². The van der Waals surface area contributed by atoms with Gasteiger partial charge in [0.2, 0.25) is 5.95 Å². The number of aromatic nitrogens is 2. The molecule has 0 spiro atoms. The van der Waals surface area contributed by atoms with Crippen molar-refractivity contribution in [1.29, 1.82) is 0 Å². The average Bonchev–Trinajstić information content (AvgIpc) is 2.68. The number of nitrogens with zero attached hydrogens (tertiary/aromatic N) is 2. The van der Waals surface area contributed by atoms with Gasteiger partial charge in [-0.1, -0.05) is 0 Å². The number of nitrogens with one attached hydrogen (secondary N) is 2. The molecule has 3 rings (SSSR count). The molecule has 0 saturated heterocycles. The molecule has 0 aliphatic heterocycles. The second-order valence-electron chi connectivity index (χ2n) is 7.11. The first-order valence-corrected chi connectivity index (χ1v) is 9.38. The Bertz CT molecular complexity index is 914.